The van der Waals surface area contributed by atoms with E-state index in [0.717, 1.165) is 0 Å². The Hall–Kier alpha value is -2.37. The molecule has 2 heterocycles. The number of hydrazine groups is 1. The number of nitrogens with zero attached hydrogens (tertiary/aromatic N) is 2. The summed E-state index contributed by atoms with van der Waals surface area (Å²) in [5.41, 5.74) is 6.49. The van der Waals surface area contributed by atoms with E-state index < -0.39 is 12.5 Å². The lowest BCUT2D eigenvalue weighted by Crippen LogP contribution is -2.44. The molecule has 1 aromatic rings. The summed E-state index contributed by atoms with van der Waals surface area (Å²) in [7, 11) is 0. The summed E-state index contributed by atoms with van der Waals surface area (Å²) in [5.74, 6) is -0.807. The quantitative estimate of drug-likeness (QED) is 0.688. The second-order valence-electron chi connectivity index (χ2n) is 7.94. The molecule has 1 aromatic carbocycles. The van der Waals surface area contributed by atoms with Crippen LogP contribution >= 0.6 is 0 Å². The van der Waals surface area contributed by atoms with Gasteiger partial charge in [0.1, 0.15) is 5.75 Å². The fourth-order valence-electron chi connectivity index (χ4n) is 3.61. The van der Waals surface area contributed by atoms with E-state index in [1.54, 1.807) is 4.90 Å². The van der Waals surface area contributed by atoms with Crippen LogP contribution < -0.4 is 15.6 Å². The molecule has 2 fully saturated rings. The number of rotatable bonds is 6. The molecule has 0 spiro atoms. The molecule has 1 unspecified atom stereocenters. The molecule has 8 nitrogen and oxygen atoms in total. The van der Waals surface area contributed by atoms with Crippen molar-refractivity contribution >= 4 is 11.8 Å². The standard InChI is InChI=1S/C20H27F3N4O4/c1-13(2)27-10-17(9-26(11-18(27)28)19(29)15-7-24-25-8-15)30-12-14-3-5-16(6-4-14)31-20(21,22)23/h3-6,13,15,17,24-25H,7-12H2,1-2H3. The predicted octanol–water partition coefficient (Wildman–Crippen LogP) is 1.27. The van der Waals surface area contributed by atoms with Gasteiger partial charge in [-0.25, -0.2) is 0 Å². The number of ether oxygens (including phenoxy) is 2. The highest BCUT2D eigenvalue weighted by Gasteiger charge is 2.35. The molecule has 0 aliphatic carbocycles. The van der Waals surface area contributed by atoms with E-state index in [4.69, 9.17) is 4.74 Å². The van der Waals surface area contributed by atoms with Gasteiger partial charge in [0.05, 0.1) is 25.2 Å². The van der Waals surface area contributed by atoms with Crippen LogP contribution in [0.3, 0.4) is 0 Å². The molecule has 11 heteroatoms. The summed E-state index contributed by atoms with van der Waals surface area (Å²) in [5, 5.41) is 0. The van der Waals surface area contributed by atoms with Gasteiger partial charge in [-0.2, -0.15) is 0 Å². The van der Waals surface area contributed by atoms with E-state index in [1.165, 1.54) is 29.2 Å². The van der Waals surface area contributed by atoms with Crippen LogP contribution in [0.2, 0.25) is 0 Å². The Morgan fingerprint density at radius 2 is 1.81 bits per heavy atom. The van der Waals surface area contributed by atoms with E-state index in [9.17, 15) is 22.8 Å². The zero-order valence-electron chi connectivity index (χ0n) is 17.4. The minimum Gasteiger partial charge on any atom is -0.406 e. The lowest BCUT2D eigenvalue weighted by Gasteiger charge is -2.27. The lowest BCUT2D eigenvalue weighted by molar-refractivity contribution is -0.274. The third kappa shape index (κ3) is 6.55. The van der Waals surface area contributed by atoms with Crippen molar-refractivity contribution in [2.75, 3.05) is 32.7 Å². The first-order valence-electron chi connectivity index (χ1n) is 10.1. The lowest BCUT2D eigenvalue weighted by atomic mass is 10.1. The highest BCUT2D eigenvalue weighted by Crippen LogP contribution is 2.23. The third-order valence-electron chi connectivity index (χ3n) is 5.22. The van der Waals surface area contributed by atoms with Crippen LogP contribution in [0, 0.1) is 5.92 Å². The van der Waals surface area contributed by atoms with Crippen molar-refractivity contribution in [3.8, 4) is 5.75 Å². The molecule has 1 atom stereocenters. The maximum Gasteiger partial charge on any atom is 0.573 e. The first-order chi connectivity index (χ1) is 14.6. The zero-order valence-corrected chi connectivity index (χ0v) is 17.4. The Balaban J connectivity index is 1.65. The first kappa shape index (κ1) is 23.3. The molecular weight excluding hydrogens is 417 g/mol. The SMILES string of the molecule is CC(C)N1CC(OCc2ccc(OC(F)(F)F)cc2)CN(C(=O)C2CNNC2)CC1=O. The number of hydrogen-bond acceptors (Lipinski definition) is 6. The minimum atomic E-state index is -4.74. The third-order valence-corrected chi connectivity index (χ3v) is 5.22. The van der Waals surface area contributed by atoms with Crippen LogP contribution in [0.4, 0.5) is 13.2 Å². The monoisotopic (exact) mass is 444 g/mol. The Labute approximate surface area is 178 Å². The zero-order chi connectivity index (χ0) is 22.6. The van der Waals surface area contributed by atoms with Gasteiger partial charge in [0.25, 0.3) is 0 Å². The number of hydrogen-bond donors (Lipinski definition) is 2. The number of amides is 2. The van der Waals surface area contributed by atoms with Crippen LogP contribution in [0.1, 0.15) is 19.4 Å². The number of carbonyl (C=O) groups is 2. The Kier molecular flexibility index (Phi) is 7.39. The molecule has 2 N–H and O–H groups in total. The highest BCUT2D eigenvalue weighted by molar-refractivity contribution is 5.87. The van der Waals surface area contributed by atoms with Crippen LogP contribution in [0.5, 0.6) is 5.75 Å². The highest BCUT2D eigenvalue weighted by atomic mass is 19.4. The molecule has 2 aliphatic rings. The van der Waals surface area contributed by atoms with E-state index >= 15 is 0 Å². The van der Waals surface area contributed by atoms with E-state index in [1.807, 2.05) is 13.8 Å². The average molecular weight is 444 g/mol. The molecule has 0 aromatic heterocycles. The van der Waals surface area contributed by atoms with Gasteiger partial charge < -0.3 is 19.3 Å². The van der Waals surface area contributed by atoms with Gasteiger partial charge in [0.15, 0.2) is 0 Å². The normalized spacial score (nSPS) is 21.0. The van der Waals surface area contributed by atoms with Gasteiger partial charge in [-0.15, -0.1) is 13.2 Å². The second-order valence-corrected chi connectivity index (χ2v) is 7.94. The molecule has 2 aliphatic heterocycles. The molecule has 31 heavy (non-hydrogen) atoms. The van der Waals surface area contributed by atoms with Crippen molar-refractivity contribution in [2.45, 2.75) is 39.0 Å². The molecule has 3 rings (SSSR count). The van der Waals surface area contributed by atoms with Crippen molar-refractivity contribution in [1.29, 1.82) is 0 Å². The number of alkyl halides is 3. The Morgan fingerprint density at radius 3 is 2.39 bits per heavy atom. The van der Waals surface area contributed by atoms with E-state index in [2.05, 4.69) is 15.6 Å². The van der Waals surface area contributed by atoms with Gasteiger partial charge in [0.2, 0.25) is 11.8 Å². The summed E-state index contributed by atoms with van der Waals surface area (Å²) >= 11 is 0. The number of benzene rings is 1. The molecule has 2 saturated heterocycles. The van der Waals surface area contributed by atoms with Gasteiger partial charge in [-0.05, 0) is 31.5 Å². The van der Waals surface area contributed by atoms with Crippen molar-refractivity contribution < 1.29 is 32.2 Å². The maximum atomic E-state index is 12.9. The van der Waals surface area contributed by atoms with Crippen molar-refractivity contribution in [1.82, 2.24) is 20.7 Å². The van der Waals surface area contributed by atoms with Gasteiger partial charge in [0, 0.05) is 32.2 Å². The van der Waals surface area contributed by atoms with Crippen molar-refractivity contribution in [3.63, 3.8) is 0 Å². The molecular formula is C20H27F3N4O4. The summed E-state index contributed by atoms with van der Waals surface area (Å²) in [4.78, 5) is 28.8. The number of nitrogens with one attached hydrogen (secondary N) is 2. The van der Waals surface area contributed by atoms with Gasteiger partial charge in [-0.3, -0.25) is 20.4 Å². The predicted molar refractivity (Wildman–Crippen MR) is 105 cm³/mol. The van der Waals surface area contributed by atoms with Crippen LogP contribution in [0.15, 0.2) is 24.3 Å². The summed E-state index contributed by atoms with van der Waals surface area (Å²) in [6, 6.07) is 5.37. The summed E-state index contributed by atoms with van der Waals surface area (Å²) in [6.45, 7) is 5.51. The largest absolute Gasteiger partial charge is 0.573 e. The molecule has 2 amide bonds. The molecule has 172 valence electrons. The molecule has 0 radical (unpaired) electrons. The van der Waals surface area contributed by atoms with Crippen LogP contribution in [0.25, 0.3) is 0 Å². The number of halogens is 3. The van der Waals surface area contributed by atoms with Crippen LogP contribution in [-0.2, 0) is 20.9 Å². The van der Waals surface area contributed by atoms with Crippen molar-refractivity contribution in [2.24, 2.45) is 5.92 Å². The van der Waals surface area contributed by atoms with Crippen molar-refractivity contribution in [3.05, 3.63) is 29.8 Å². The Bertz CT molecular complexity index is 767. The Morgan fingerprint density at radius 1 is 1.16 bits per heavy atom. The van der Waals surface area contributed by atoms with E-state index in [-0.39, 0.29) is 49.2 Å². The number of carbonyl (C=O) groups excluding carboxylic acids is 2. The molecule has 0 saturated carbocycles. The average Bonchev–Trinajstić information content (AvgIpc) is 3.17. The fourth-order valence-corrected chi connectivity index (χ4v) is 3.61. The van der Waals surface area contributed by atoms with Gasteiger partial charge in [-0.1, -0.05) is 12.1 Å². The molecule has 0 bridgehead atoms. The topological polar surface area (TPSA) is 83.1 Å². The minimum absolute atomic E-state index is 0.00312. The summed E-state index contributed by atoms with van der Waals surface area (Å²) < 4.78 is 46.7. The van der Waals surface area contributed by atoms with E-state index in [0.29, 0.717) is 25.2 Å². The summed E-state index contributed by atoms with van der Waals surface area (Å²) in [6.07, 6.45) is -5.17. The second kappa shape index (κ2) is 9.84. The fraction of sp³-hybridized carbons (Fsp3) is 0.600. The maximum absolute atomic E-state index is 12.9. The van der Waals surface area contributed by atoms with Crippen LogP contribution in [-0.4, -0.2) is 72.8 Å². The smallest absolute Gasteiger partial charge is 0.406 e. The first-order valence-corrected chi connectivity index (χ1v) is 10.1. The van der Waals surface area contributed by atoms with Gasteiger partial charge >= 0.3 is 6.36 Å².